The number of fused-ring (bicyclic) bond motifs is 9. The molecule has 0 spiro atoms. The molecule has 4 heterocycles. The number of pyridine rings is 1. The summed E-state index contributed by atoms with van der Waals surface area (Å²) in [5.74, 6) is 0.286. The topological polar surface area (TPSA) is 103 Å². The lowest BCUT2D eigenvalue weighted by atomic mass is 9.97. The van der Waals surface area contributed by atoms with Crippen molar-refractivity contribution in [3.63, 3.8) is 0 Å². The Kier molecular flexibility index (Phi) is 4.79. The predicted molar refractivity (Wildman–Crippen MR) is 135 cm³/mol. The van der Waals surface area contributed by atoms with E-state index in [9.17, 15) is 22.0 Å². The number of carbonyl (C=O) groups is 1. The van der Waals surface area contributed by atoms with Crippen molar-refractivity contribution >= 4 is 26.8 Å². The Morgan fingerprint density at radius 3 is 2.61 bits per heavy atom. The fraction of sp³-hybridized carbons (Fsp3) is 0.296. The minimum Gasteiger partial charge on any atom is -0.434 e. The molecule has 1 aliphatic carbocycles. The van der Waals surface area contributed by atoms with E-state index in [-0.39, 0.29) is 17.7 Å². The fourth-order valence-electron chi connectivity index (χ4n) is 5.95. The van der Waals surface area contributed by atoms with Crippen LogP contribution in [-0.4, -0.2) is 41.7 Å². The molecule has 1 N–H and O–H groups in total. The Hall–Kier alpha value is -3.86. The Balaban J connectivity index is 1.34. The van der Waals surface area contributed by atoms with Gasteiger partial charge in [0.05, 0.1) is 28.8 Å². The minimum absolute atomic E-state index is 0.0242. The number of nitrogens with one attached hydrogen (secondary N) is 1. The van der Waals surface area contributed by atoms with Gasteiger partial charge in [-0.05, 0) is 55.2 Å². The number of rotatable bonds is 5. The molecular weight excluding hydrogens is 514 g/mol. The van der Waals surface area contributed by atoms with Crippen molar-refractivity contribution < 1.29 is 26.7 Å². The fourth-order valence-corrected chi connectivity index (χ4v) is 7.30. The van der Waals surface area contributed by atoms with Gasteiger partial charge in [-0.15, -0.1) is 0 Å². The molecule has 4 aromatic rings. The number of hydrogen-bond acceptors (Lipinski definition) is 6. The lowest BCUT2D eigenvalue weighted by Crippen LogP contribution is -2.28. The number of ether oxygens (including phenoxy) is 1. The molecule has 1 saturated carbocycles. The van der Waals surface area contributed by atoms with Crippen LogP contribution >= 0.6 is 0 Å². The second kappa shape index (κ2) is 7.83. The maximum Gasteiger partial charge on any atom is 0.387 e. The van der Waals surface area contributed by atoms with E-state index in [0.29, 0.717) is 47.4 Å². The lowest BCUT2D eigenvalue weighted by molar-refractivity contribution is -0.0507. The molecule has 38 heavy (non-hydrogen) atoms. The largest absolute Gasteiger partial charge is 0.434 e. The van der Waals surface area contributed by atoms with Gasteiger partial charge in [-0.1, -0.05) is 18.2 Å². The number of alkyl halides is 2. The van der Waals surface area contributed by atoms with Crippen LogP contribution in [0.25, 0.3) is 22.2 Å². The monoisotopic (exact) mass is 536 g/mol. The molecule has 11 heteroatoms. The van der Waals surface area contributed by atoms with Gasteiger partial charge >= 0.3 is 6.61 Å². The highest BCUT2D eigenvalue weighted by Crippen LogP contribution is 2.52. The number of halogens is 2. The van der Waals surface area contributed by atoms with Crippen molar-refractivity contribution in [2.75, 3.05) is 6.26 Å². The van der Waals surface area contributed by atoms with Crippen molar-refractivity contribution in [3.8, 4) is 16.9 Å². The molecule has 1 fully saturated rings. The number of nitrogens with zero attached hydrogens (tertiary/aromatic N) is 3. The third-order valence-electron chi connectivity index (χ3n) is 7.94. The zero-order valence-electron chi connectivity index (χ0n) is 20.2. The van der Waals surface area contributed by atoms with Crippen LogP contribution in [0.3, 0.4) is 0 Å². The summed E-state index contributed by atoms with van der Waals surface area (Å²) < 4.78 is 57.0. The van der Waals surface area contributed by atoms with Crippen LogP contribution in [-0.2, 0) is 14.6 Å². The molecule has 1 amide bonds. The number of benzene rings is 2. The number of imidazole rings is 1. The summed E-state index contributed by atoms with van der Waals surface area (Å²) in [6.07, 6.45) is 4.54. The summed E-state index contributed by atoms with van der Waals surface area (Å²) in [4.78, 5) is 22.2. The molecular formula is C27H22F2N4O4S. The Morgan fingerprint density at radius 2 is 1.92 bits per heavy atom. The second-order valence-electron chi connectivity index (χ2n) is 10.1. The molecule has 8 nitrogen and oxygen atoms in total. The average Bonchev–Trinajstić information content (AvgIpc) is 3.56. The predicted octanol–water partition coefficient (Wildman–Crippen LogP) is 4.51. The maximum absolute atomic E-state index is 13.3. The Labute approximate surface area is 216 Å². The van der Waals surface area contributed by atoms with Gasteiger partial charge in [0.15, 0.2) is 9.84 Å². The SMILES string of the molecule is CS(=O)(=O)C1(c2ccc(-c3ccc4nc5n(c4c3)[C@@H]3C[C@H]5NC(=O)c4cccc(OC(F)F)c43)cn2)CC1. The molecule has 2 aliphatic heterocycles. The van der Waals surface area contributed by atoms with Gasteiger partial charge in [0.1, 0.15) is 16.3 Å². The molecule has 3 aliphatic rings. The first-order chi connectivity index (χ1) is 18.2. The molecule has 2 aromatic carbocycles. The Bertz CT molecular complexity index is 1750. The normalized spacial score (nSPS) is 21.1. The van der Waals surface area contributed by atoms with Crippen LogP contribution in [0, 0.1) is 0 Å². The van der Waals surface area contributed by atoms with Crippen molar-refractivity contribution in [2.45, 2.75) is 42.7 Å². The first-order valence-electron chi connectivity index (χ1n) is 12.2. The molecule has 0 saturated heterocycles. The molecule has 7 rings (SSSR count). The van der Waals surface area contributed by atoms with Gasteiger partial charge in [-0.2, -0.15) is 8.78 Å². The zero-order valence-corrected chi connectivity index (χ0v) is 21.0. The summed E-state index contributed by atoms with van der Waals surface area (Å²) in [5, 5.41) is 2.98. The summed E-state index contributed by atoms with van der Waals surface area (Å²) in [5.41, 5.74) is 4.43. The van der Waals surface area contributed by atoms with Crippen molar-refractivity contribution in [1.29, 1.82) is 0 Å². The molecule has 2 aromatic heterocycles. The summed E-state index contributed by atoms with van der Waals surface area (Å²) in [6.45, 7) is -3.02. The highest BCUT2D eigenvalue weighted by molar-refractivity contribution is 7.91. The van der Waals surface area contributed by atoms with E-state index in [1.807, 2.05) is 28.8 Å². The minimum atomic E-state index is -3.26. The average molecular weight is 537 g/mol. The zero-order chi connectivity index (χ0) is 26.4. The first kappa shape index (κ1) is 23.3. The third kappa shape index (κ3) is 3.30. The van der Waals surface area contributed by atoms with E-state index < -0.39 is 27.2 Å². The van der Waals surface area contributed by atoms with Crippen LogP contribution in [0.4, 0.5) is 8.78 Å². The smallest absolute Gasteiger partial charge is 0.387 e. The molecule has 0 radical (unpaired) electrons. The van der Waals surface area contributed by atoms with E-state index in [1.165, 1.54) is 18.4 Å². The number of carbonyl (C=O) groups excluding carboxylic acids is 1. The van der Waals surface area contributed by atoms with Crippen molar-refractivity contribution in [1.82, 2.24) is 19.9 Å². The number of aromatic nitrogens is 3. The van der Waals surface area contributed by atoms with E-state index in [4.69, 9.17) is 9.72 Å². The quantitative estimate of drug-likeness (QED) is 0.403. The van der Waals surface area contributed by atoms with Crippen LogP contribution in [0.5, 0.6) is 5.75 Å². The van der Waals surface area contributed by atoms with Crippen molar-refractivity contribution in [2.24, 2.45) is 0 Å². The lowest BCUT2D eigenvalue weighted by Gasteiger charge is -2.21. The van der Waals surface area contributed by atoms with Gasteiger partial charge in [-0.25, -0.2) is 13.4 Å². The summed E-state index contributed by atoms with van der Waals surface area (Å²) in [7, 11) is -3.26. The molecule has 2 bridgehead atoms. The highest BCUT2D eigenvalue weighted by atomic mass is 32.2. The molecule has 2 atom stereocenters. The second-order valence-corrected chi connectivity index (χ2v) is 12.4. The van der Waals surface area contributed by atoms with E-state index in [2.05, 4.69) is 10.3 Å². The van der Waals surface area contributed by atoms with Crippen LogP contribution in [0.15, 0.2) is 54.7 Å². The van der Waals surface area contributed by atoms with Gasteiger partial charge < -0.3 is 14.6 Å². The number of amides is 1. The van der Waals surface area contributed by atoms with E-state index >= 15 is 0 Å². The van der Waals surface area contributed by atoms with Crippen LogP contribution < -0.4 is 10.1 Å². The highest BCUT2D eigenvalue weighted by Gasteiger charge is 2.54. The van der Waals surface area contributed by atoms with Gasteiger partial charge in [0.2, 0.25) is 0 Å². The third-order valence-corrected chi connectivity index (χ3v) is 9.98. The van der Waals surface area contributed by atoms with Crippen LogP contribution in [0.2, 0.25) is 0 Å². The molecule has 0 unspecified atom stereocenters. The number of hydrogen-bond donors (Lipinski definition) is 1. The van der Waals surface area contributed by atoms with Gasteiger partial charge in [-0.3, -0.25) is 9.78 Å². The van der Waals surface area contributed by atoms with Crippen LogP contribution in [0.1, 0.15) is 58.8 Å². The van der Waals surface area contributed by atoms with Gasteiger partial charge in [0.25, 0.3) is 5.91 Å². The van der Waals surface area contributed by atoms with E-state index in [0.717, 1.165) is 16.6 Å². The first-order valence-corrected chi connectivity index (χ1v) is 14.1. The summed E-state index contributed by atoms with van der Waals surface area (Å²) >= 11 is 0. The standard InChI is InChI=1S/C27H22F2N4O4S/c1-38(35,36)27(9-10-27)22-8-6-15(13-30-22)14-5-7-17-19(11-14)33-20-12-18(24(33)31-17)32-25(34)16-3-2-4-21(23(16)20)37-26(28)29/h2-8,11,13,18,20,26H,9-10,12H2,1H3,(H,32,34)/t18-,20-/m1/s1. The van der Waals surface area contributed by atoms with Gasteiger partial charge in [0, 0.05) is 29.1 Å². The summed E-state index contributed by atoms with van der Waals surface area (Å²) in [6, 6.07) is 13.2. The Morgan fingerprint density at radius 1 is 1.13 bits per heavy atom. The molecule has 194 valence electrons. The van der Waals surface area contributed by atoms with Crippen molar-refractivity contribution in [3.05, 3.63) is 77.4 Å². The number of sulfone groups is 1. The maximum atomic E-state index is 13.3. The van der Waals surface area contributed by atoms with E-state index in [1.54, 1.807) is 18.3 Å².